The fourth-order valence-corrected chi connectivity index (χ4v) is 2.63. The van der Waals surface area contributed by atoms with Crippen molar-refractivity contribution in [1.29, 1.82) is 0 Å². The fourth-order valence-electron chi connectivity index (χ4n) is 2.63. The highest BCUT2D eigenvalue weighted by Gasteiger charge is 2.17. The van der Waals surface area contributed by atoms with Gasteiger partial charge in [-0.05, 0) is 23.8 Å². The summed E-state index contributed by atoms with van der Waals surface area (Å²) in [7, 11) is 1.58. The van der Waals surface area contributed by atoms with E-state index in [0.717, 1.165) is 5.56 Å². The molecule has 3 rings (SSSR count). The quantitative estimate of drug-likeness (QED) is 0.802. The number of methoxy groups -OCH3 is 1. The summed E-state index contributed by atoms with van der Waals surface area (Å²) in [6.45, 7) is 0. The average molecular weight is 309 g/mol. The molecule has 0 spiro atoms. The third-order valence-electron chi connectivity index (χ3n) is 3.60. The van der Waals surface area contributed by atoms with Crippen LogP contribution in [0.3, 0.4) is 0 Å². The van der Waals surface area contributed by atoms with Gasteiger partial charge in [0.1, 0.15) is 11.5 Å². The molecule has 0 bridgehead atoms. The molecule has 2 aromatic carbocycles. The van der Waals surface area contributed by atoms with Crippen molar-refractivity contribution in [2.75, 3.05) is 7.11 Å². The van der Waals surface area contributed by atoms with E-state index in [2.05, 4.69) is 0 Å². The van der Waals surface area contributed by atoms with Gasteiger partial charge in [-0.25, -0.2) is 4.79 Å². The van der Waals surface area contributed by atoms with E-state index in [0.29, 0.717) is 22.1 Å². The Morgan fingerprint density at radius 2 is 1.87 bits per heavy atom. The molecule has 0 saturated heterocycles. The van der Waals surface area contributed by atoms with Crippen molar-refractivity contribution < 1.29 is 13.9 Å². The lowest BCUT2D eigenvalue weighted by Crippen LogP contribution is -2.16. The smallest absolute Gasteiger partial charge is 0.343 e. The minimum atomic E-state index is -0.562. The van der Waals surface area contributed by atoms with Crippen LogP contribution in [0.2, 0.25) is 0 Å². The number of hydrogen-bond donors (Lipinski definition) is 1. The van der Waals surface area contributed by atoms with E-state index in [1.807, 2.05) is 36.4 Å². The van der Waals surface area contributed by atoms with Gasteiger partial charge in [0.25, 0.3) is 0 Å². The summed E-state index contributed by atoms with van der Waals surface area (Å²) < 4.78 is 10.6. The van der Waals surface area contributed by atoms with Crippen LogP contribution in [0.1, 0.15) is 5.76 Å². The van der Waals surface area contributed by atoms with Gasteiger partial charge in [-0.1, -0.05) is 30.3 Å². The second kappa shape index (κ2) is 5.96. The fraction of sp³-hybridized carbons (Fsp3) is 0.111. The topological polar surface area (TPSA) is 82.5 Å². The summed E-state index contributed by atoms with van der Waals surface area (Å²) in [6, 6.07) is 14.5. The van der Waals surface area contributed by atoms with Crippen LogP contribution in [-0.2, 0) is 11.2 Å². The molecule has 1 amide bonds. The zero-order valence-electron chi connectivity index (χ0n) is 12.5. The molecule has 0 atom stereocenters. The van der Waals surface area contributed by atoms with E-state index in [4.69, 9.17) is 14.9 Å². The van der Waals surface area contributed by atoms with Crippen LogP contribution < -0.4 is 16.1 Å². The molecule has 0 aliphatic rings. The Hall–Kier alpha value is -3.08. The predicted molar refractivity (Wildman–Crippen MR) is 87.4 cm³/mol. The predicted octanol–water partition coefficient (Wildman–Crippen LogP) is 2.50. The van der Waals surface area contributed by atoms with Crippen LogP contribution in [0.25, 0.3) is 21.9 Å². The molecule has 0 radical (unpaired) electrons. The first-order chi connectivity index (χ1) is 11.1. The number of ether oxygens (including phenoxy) is 1. The molecule has 0 unspecified atom stereocenters. The van der Waals surface area contributed by atoms with E-state index >= 15 is 0 Å². The molecule has 0 aliphatic heterocycles. The summed E-state index contributed by atoms with van der Waals surface area (Å²) in [6.07, 6.45) is -0.146. The van der Waals surface area contributed by atoms with Gasteiger partial charge in [0, 0.05) is 10.9 Å². The lowest BCUT2D eigenvalue weighted by atomic mass is 9.97. The standard InChI is InChI=1S/C18H15NO4/c1-22-12-6-4-5-11(9-12)17-13-7-2-3-8-14(13)18(21)23-15(17)10-16(19)20/h2-9H,10H2,1H3,(H2,19,20). The third kappa shape index (κ3) is 2.81. The maximum Gasteiger partial charge on any atom is 0.343 e. The Labute approximate surface area is 132 Å². The van der Waals surface area contributed by atoms with Crippen molar-refractivity contribution >= 4 is 16.7 Å². The van der Waals surface area contributed by atoms with Gasteiger partial charge in [0.15, 0.2) is 0 Å². The molecular formula is C18H15NO4. The largest absolute Gasteiger partial charge is 0.497 e. The number of primary amides is 1. The number of fused-ring (bicyclic) bond motifs is 1. The molecule has 0 saturated carbocycles. The Bertz CT molecular complexity index is 943. The highest BCUT2D eigenvalue weighted by Crippen LogP contribution is 2.32. The zero-order chi connectivity index (χ0) is 16.4. The van der Waals surface area contributed by atoms with E-state index in [1.165, 1.54) is 0 Å². The number of carbonyl (C=O) groups excluding carboxylic acids is 1. The summed E-state index contributed by atoms with van der Waals surface area (Å²) in [5, 5.41) is 1.17. The molecule has 1 aromatic heterocycles. The molecule has 1 heterocycles. The minimum Gasteiger partial charge on any atom is -0.497 e. The Morgan fingerprint density at radius 1 is 1.13 bits per heavy atom. The Kier molecular flexibility index (Phi) is 3.85. The third-order valence-corrected chi connectivity index (χ3v) is 3.60. The average Bonchev–Trinajstić information content (AvgIpc) is 2.54. The summed E-state index contributed by atoms with van der Waals surface area (Å²) in [5.41, 5.74) is 6.28. The second-order valence-electron chi connectivity index (χ2n) is 5.11. The van der Waals surface area contributed by atoms with E-state index < -0.39 is 11.5 Å². The van der Waals surface area contributed by atoms with Gasteiger partial charge in [0.05, 0.1) is 18.9 Å². The number of hydrogen-bond acceptors (Lipinski definition) is 4. The number of nitrogens with two attached hydrogens (primary N) is 1. The van der Waals surface area contributed by atoms with Crippen molar-refractivity contribution in [2.24, 2.45) is 5.73 Å². The lowest BCUT2D eigenvalue weighted by Gasteiger charge is -2.12. The first-order valence-corrected chi connectivity index (χ1v) is 7.07. The maximum atomic E-state index is 12.1. The molecule has 5 nitrogen and oxygen atoms in total. The first-order valence-electron chi connectivity index (χ1n) is 7.07. The molecule has 2 N–H and O–H groups in total. The van der Waals surface area contributed by atoms with Crippen LogP contribution in [-0.4, -0.2) is 13.0 Å². The number of benzene rings is 2. The van der Waals surface area contributed by atoms with E-state index in [9.17, 15) is 9.59 Å². The van der Waals surface area contributed by atoms with Crippen molar-refractivity contribution in [1.82, 2.24) is 0 Å². The van der Waals surface area contributed by atoms with E-state index in [-0.39, 0.29) is 12.2 Å². The van der Waals surface area contributed by atoms with Crippen LogP contribution >= 0.6 is 0 Å². The molecule has 23 heavy (non-hydrogen) atoms. The highest BCUT2D eigenvalue weighted by atomic mass is 16.5. The van der Waals surface area contributed by atoms with Crippen LogP contribution in [0, 0.1) is 0 Å². The van der Waals surface area contributed by atoms with Crippen molar-refractivity contribution in [3.05, 3.63) is 64.7 Å². The van der Waals surface area contributed by atoms with Crippen molar-refractivity contribution in [2.45, 2.75) is 6.42 Å². The minimum absolute atomic E-state index is 0.146. The van der Waals surface area contributed by atoms with Gasteiger partial charge in [-0.3, -0.25) is 4.79 Å². The van der Waals surface area contributed by atoms with Gasteiger partial charge in [-0.15, -0.1) is 0 Å². The monoisotopic (exact) mass is 309 g/mol. The lowest BCUT2D eigenvalue weighted by molar-refractivity contribution is -0.117. The van der Waals surface area contributed by atoms with Crippen LogP contribution in [0.5, 0.6) is 5.75 Å². The molecule has 5 heteroatoms. The molecule has 116 valence electrons. The van der Waals surface area contributed by atoms with Crippen LogP contribution in [0.4, 0.5) is 0 Å². The maximum absolute atomic E-state index is 12.1. The van der Waals surface area contributed by atoms with Crippen molar-refractivity contribution in [3.63, 3.8) is 0 Å². The Balaban J connectivity index is 2.37. The number of rotatable bonds is 4. The first kappa shape index (κ1) is 14.8. The van der Waals surface area contributed by atoms with Crippen molar-refractivity contribution in [3.8, 4) is 16.9 Å². The molecular weight excluding hydrogens is 294 g/mol. The van der Waals surface area contributed by atoms with Gasteiger partial charge in [0.2, 0.25) is 5.91 Å². The molecule has 0 fully saturated rings. The SMILES string of the molecule is COc1cccc(-c2c(CC(N)=O)oc(=O)c3ccccc23)c1. The van der Waals surface area contributed by atoms with Gasteiger partial charge >= 0.3 is 5.63 Å². The number of carbonyl (C=O) groups is 1. The summed E-state index contributed by atoms with van der Waals surface area (Å²) in [4.78, 5) is 23.5. The molecule has 0 aliphatic carbocycles. The van der Waals surface area contributed by atoms with E-state index in [1.54, 1.807) is 19.2 Å². The van der Waals surface area contributed by atoms with Crippen LogP contribution in [0.15, 0.2) is 57.7 Å². The second-order valence-corrected chi connectivity index (χ2v) is 5.11. The number of amides is 1. The summed E-state index contributed by atoms with van der Waals surface area (Å²) >= 11 is 0. The highest BCUT2D eigenvalue weighted by molar-refractivity contribution is 5.97. The van der Waals surface area contributed by atoms with Gasteiger partial charge in [-0.2, -0.15) is 0 Å². The molecule has 3 aromatic rings. The summed E-state index contributed by atoms with van der Waals surface area (Å²) in [5.74, 6) is 0.366. The normalized spacial score (nSPS) is 10.7. The zero-order valence-corrected chi connectivity index (χ0v) is 12.5. The Morgan fingerprint density at radius 3 is 2.57 bits per heavy atom. The van der Waals surface area contributed by atoms with Gasteiger partial charge < -0.3 is 14.9 Å².